The average Bonchev–Trinajstić information content (AvgIpc) is 3.04. The molecule has 0 spiro atoms. The third-order valence-corrected chi connectivity index (χ3v) is 6.65. The first kappa shape index (κ1) is 21.3. The van der Waals surface area contributed by atoms with Gasteiger partial charge < -0.3 is 15.8 Å². The van der Waals surface area contributed by atoms with Gasteiger partial charge in [0.05, 0.1) is 12.1 Å². The number of nitrogens with zero attached hydrogens (tertiary/aromatic N) is 1. The van der Waals surface area contributed by atoms with E-state index >= 15 is 0 Å². The van der Waals surface area contributed by atoms with Crippen LogP contribution in [-0.4, -0.2) is 29.5 Å². The van der Waals surface area contributed by atoms with Crippen LogP contribution in [0.3, 0.4) is 0 Å². The number of ether oxygens (including phenoxy) is 1. The molecule has 3 N–H and O–H groups in total. The molecule has 3 atom stereocenters. The van der Waals surface area contributed by atoms with Gasteiger partial charge in [0.25, 0.3) is 5.91 Å². The number of hydrogen-bond acceptors (Lipinski definition) is 6. The number of nitrogen functional groups attached to an aromatic ring is 1. The van der Waals surface area contributed by atoms with Crippen LogP contribution in [0.15, 0.2) is 24.3 Å². The van der Waals surface area contributed by atoms with Crippen LogP contribution < -0.4 is 11.1 Å². The second-order valence-electron chi connectivity index (χ2n) is 7.97. The smallest absolute Gasteiger partial charge is 0.311 e. The Kier molecular flexibility index (Phi) is 6.90. The molecule has 1 aromatic heterocycles. The number of carbonyl (C=O) groups is 2. The summed E-state index contributed by atoms with van der Waals surface area (Å²) in [6.45, 7) is 6.14. The van der Waals surface area contributed by atoms with Gasteiger partial charge >= 0.3 is 5.97 Å². The van der Waals surface area contributed by atoms with E-state index in [2.05, 4.69) is 24.1 Å². The molecular formula is C22H29N3O3S. The van der Waals surface area contributed by atoms with Crippen LogP contribution in [0.25, 0.3) is 11.3 Å². The number of carbonyl (C=O) groups excluding carboxylic acids is 2. The highest BCUT2D eigenvalue weighted by atomic mass is 32.1. The van der Waals surface area contributed by atoms with Crippen molar-refractivity contribution in [1.29, 1.82) is 0 Å². The van der Waals surface area contributed by atoms with E-state index < -0.39 is 5.97 Å². The molecule has 7 heteroatoms. The molecule has 0 saturated heterocycles. The van der Waals surface area contributed by atoms with Gasteiger partial charge in [0.2, 0.25) is 0 Å². The zero-order chi connectivity index (χ0) is 21.0. The molecule has 0 unspecified atom stereocenters. The molecule has 2 aromatic rings. The zero-order valence-electron chi connectivity index (χ0n) is 17.2. The van der Waals surface area contributed by atoms with Crippen molar-refractivity contribution in [3.63, 3.8) is 0 Å². The van der Waals surface area contributed by atoms with Crippen LogP contribution in [0.2, 0.25) is 0 Å². The van der Waals surface area contributed by atoms with Crippen molar-refractivity contribution >= 4 is 28.3 Å². The third kappa shape index (κ3) is 5.56. The maximum atomic E-state index is 12.3. The van der Waals surface area contributed by atoms with Gasteiger partial charge in [-0.25, -0.2) is 4.98 Å². The second-order valence-corrected chi connectivity index (χ2v) is 9.08. The van der Waals surface area contributed by atoms with Gasteiger partial charge in [0.15, 0.2) is 11.7 Å². The normalized spacial score (nSPS) is 21.6. The summed E-state index contributed by atoms with van der Waals surface area (Å²) in [5, 5.41) is 3.42. The molecule has 156 valence electrons. The molecule has 1 aliphatic carbocycles. The van der Waals surface area contributed by atoms with Crippen LogP contribution in [0.4, 0.5) is 5.13 Å². The molecule has 0 aliphatic heterocycles. The van der Waals surface area contributed by atoms with Crippen molar-refractivity contribution in [2.45, 2.75) is 52.5 Å². The van der Waals surface area contributed by atoms with Crippen LogP contribution in [0.1, 0.15) is 43.6 Å². The molecule has 0 radical (unpaired) electrons. The van der Waals surface area contributed by atoms with Crippen molar-refractivity contribution in [1.82, 2.24) is 10.3 Å². The number of nitrogens with two attached hydrogens (primary N) is 1. The number of anilines is 1. The minimum absolute atomic E-state index is 0.0439. The standard InChI is InChI=1S/C22H29N3O3S/c1-13-7-9-16(10-8-13)21-18(29-22(23)25-21)11-20(27)28-12-19(26)24-17-6-4-5-14(2)15(17)3/h7-10,14-15,17H,4-6,11-12H2,1-3H3,(H2,23,25)(H,24,26)/t14-,15-,17+/m0/s1. The van der Waals surface area contributed by atoms with Crippen molar-refractivity contribution in [3.8, 4) is 11.3 Å². The molecule has 1 amide bonds. The van der Waals surface area contributed by atoms with Gasteiger partial charge in [-0.05, 0) is 25.2 Å². The molecule has 3 rings (SSSR count). The summed E-state index contributed by atoms with van der Waals surface area (Å²) in [5.74, 6) is 0.323. The van der Waals surface area contributed by atoms with E-state index in [9.17, 15) is 9.59 Å². The zero-order valence-corrected chi connectivity index (χ0v) is 18.1. The van der Waals surface area contributed by atoms with Crippen molar-refractivity contribution in [2.75, 3.05) is 12.3 Å². The van der Waals surface area contributed by atoms with E-state index in [0.717, 1.165) is 28.8 Å². The summed E-state index contributed by atoms with van der Waals surface area (Å²) in [5.41, 5.74) is 8.61. The lowest BCUT2D eigenvalue weighted by Gasteiger charge is -2.34. The van der Waals surface area contributed by atoms with E-state index in [4.69, 9.17) is 10.5 Å². The van der Waals surface area contributed by atoms with Gasteiger partial charge in [-0.15, -0.1) is 11.3 Å². The Morgan fingerprint density at radius 1 is 1.24 bits per heavy atom. The van der Waals surface area contributed by atoms with E-state index in [1.165, 1.54) is 17.8 Å². The number of aromatic nitrogens is 1. The molecule has 0 bridgehead atoms. The number of benzene rings is 1. The van der Waals surface area contributed by atoms with Crippen LogP contribution >= 0.6 is 11.3 Å². The lowest BCUT2D eigenvalue weighted by atomic mass is 9.78. The van der Waals surface area contributed by atoms with Crippen LogP contribution in [-0.2, 0) is 20.7 Å². The van der Waals surface area contributed by atoms with Gasteiger partial charge in [0.1, 0.15) is 0 Å². The fraction of sp³-hybridized carbons (Fsp3) is 0.500. The van der Waals surface area contributed by atoms with Crippen LogP contribution in [0.5, 0.6) is 0 Å². The highest BCUT2D eigenvalue weighted by Crippen LogP contribution is 2.31. The number of thiazole rings is 1. The summed E-state index contributed by atoms with van der Waals surface area (Å²) in [7, 11) is 0. The molecule has 1 aliphatic rings. The lowest BCUT2D eigenvalue weighted by Crippen LogP contribution is -2.45. The maximum Gasteiger partial charge on any atom is 0.311 e. The molecular weight excluding hydrogens is 386 g/mol. The molecule has 1 aromatic carbocycles. The van der Waals surface area contributed by atoms with E-state index in [-0.39, 0.29) is 25.0 Å². The Hall–Kier alpha value is -2.41. The fourth-order valence-electron chi connectivity index (χ4n) is 3.79. The van der Waals surface area contributed by atoms with Crippen molar-refractivity contribution in [2.24, 2.45) is 11.8 Å². The largest absolute Gasteiger partial charge is 0.455 e. The predicted molar refractivity (Wildman–Crippen MR) is 115 cm³/mol. The van der Waals surface area contributed by atoms with Crippen molar-refractivity contribution < 1.29 is 14.3 Å². The topological polar surface area (TPSA) is 94.3 Å². The minimum Gasteiger partial charge on any atom is -0.455 e. The van der Waals surface area contributed by atoms with Crippen molar-refractivity contribution in [3.05, 3.63) is 34.7 Å². The van der Waals surface area contributed by atoms with E-state index in [1.807, 2.05) is 31.2 Å². The Labute approximate surface area is 175 Å². The number of nitrogens with one attached hydrogen (secondary N) is 1. The SMILES string of the molecule is Cc1ccc(-c2nc(N)sc2CC(=O)OCC(=O)N[C@@H]2CCC[C@H](C)[C@@H]2C)cc1. The molecule has 1 heterocycles. The summed E-state index contributed by atoms with van der Waals surface area (Å²) in [6.07, 6.45) is 3.34. The van der Waals surface area contributed by atoms with Gasteiger partial charge in [-0.1, -0.05) is 56.5 Å². The second kappa shape index (κ2) is 9.39. The Balaban J connectivity index is 1.55. The first-order valence-corrected chi connectivity index (χ1v) is 10.9. The number of rotatable bonds is 6. The number of hydrogen-bond donors (Lipinski definition) is 2. The highest BCUT2D eigenvalue weighted by molar-refractivity contribution is 7.15. The Morgan fingerprint density at radius 3 is 2.69 bits per heavy atom. The summed E-state index contributed by atoms with van der Waals surface area (Å²) >= 11 is 1.27. The first-order valence-electron chi connectivity index (χ1n) is 10.1. The first-order chi connectivity index (χ1) is 13.8. The average molecular weight is 416 g/mol. The summed E-state index contributed by atoms with van der Waals surface area (Å²) in [4.78, 5) is 29.6. The molecule has 1 saturated carbocycles. The molecule has 6 nitrogen and oxygen atoms in total. The quantitative estimate of drug-likeness (QED) is 0.701. The van der Waals surface area contributed by atoms with E-state index in [0.29, 0.717) is 22.7 Å². The highest BCUT2D eigenvalue weighted by Gasteiger charge is 2.28. The Bertz CT molecular complexity index is 863. The van der Waals surface area contributed by atoms with Gasteiger partial charge in [0, 0.05) is 16.5 Å². The Morgan fingerprint density at radius 2 is 1.97 bits per heavy atom. The third-order valence-electron chi connectivity index (χ3n) is 5.76. The fourth-order valence-corrected chi connectivity index (χ4v) is 4.63. The monoisotopic (exact) mass is 415 g/mol. The number of aryl methyl sites for hydroxylation is 1. The summed E-state index contributed by atoms with van der Waals surface area (Å²) in [6, 6.07) is 8.05. The lowest BCUT2D eigenvalue weighted by molar-refractivity contribution is -0.148. The summed E-state index contributed by atoms with van der Waals surface area (Å²) < 4.78 is 5.22. The molecule has 29 heavy (non-hydrogen) atoms. The number of amides is 1. The van der Waals surface area contributed by atoms with Crippen LogP contribution in [0, 0.1) is 18.8 Å². The van der Waals surface area contributed by atoms with Gasteiger partial charge in [-0.2, -0.15) is 0 Å². The predicted octanol–water partition coefficient (Wildman–Crippen LogP) is 3.73. The molecule has 1 fully saturated rings. The van der Waals surface area contributed by atoms with E-state index in [1.54, 1.807) is 0 Å². The number of esters is 1. The van der Waals surface area contributed by atoms with Gasteiger partial charge in [-0.3, -0.25) is 9.59 Å². The minimum atomic E-state index is -0.456. The maximum absolute atomic E-state index is 12.3.